The minimum absolute atomic E-state index is 0.126. The second-order valence-electron chi connectivity index (χ2n) is 8.42. The molecule has 0 aliphatic rings. The quantitative estimate of drug-likeness (QED) is 0.436. The largest absolute Gasteiger partial charge is 0.497 e. The Hall–Kier alpha value is -3.02. The van der Waals surface area contributed by atoms with E-state index < -0.39 is 6.04 Å². The van der Waals surface area contributed by atoms with Crippen LogP contribution in [0.5, 0.6) is 11.5 Å². The van der Waals surface area contributed by atoms with Crippen molar-refractivity contribution in [3.05, 3.63) is 59.7 Å². The number of unbranched alkanes of at least 4 members (excludes halogenated alkanes) is 1. The summed E-state index contributed by atoms with van der Waals surface area (Å²) in [4.78, 5) is 27.9. The summed E-state index contributed by atoms with van der Waals surface area (Å²) < 4.78 is 11.2. The van der Waals surface area contributed by atoms with E-state index in [1.807, 2.05) is 55.5 Å². The predicted octanol–water partition coefficient (Wildman–Crippen LogP) is 4.92. The van der Waals surface area contributed by atoms with Crippen molar-refractivity contribution >= 4 is 11.8 Å². The molecule has 0 bridgehead atoms. The normalized spacial score (nSPS) is 11.7. The smallest absolute Gasteiger partial charge is 0.261 e. The summed E-state index contributed by atoms with van der Waals surface area (Å²) in [6, 6.07) is 14.7. The molecule has 1 unspecified atom stereocenters. The summed E-state index contributed by atoms with van der Waals surface area (Å²) in [7, 11) is 1.62. The zero-order valence-electron chi connectivity index (χ0n) is 20.6. The zero-order chi connectivity index (χ0) is 24.2. The second kappa shape index (κ2) is 13.5. The first-order valence-electron chi connectivity index (χ1n) is 11.8. The molecule has 0 aliphatic heterocycles. The van der Waals surface area contributed by atoms with Crippen LogP contribution in [0.4, 0.5) is 0 Å². The van der Waals surface area contributed by atoms with E-state index >= 15 is 0 Å². The van der Waals surface area contributed by atoms with E-state index in [1.165, 1.54) is 0 Å². The minimum atomic E-state index is -0.569. The average Bonchev–Trinajstić information content (AvgIpc) is 2.83. The van der Waals surface area contributed by atoms with Crippen LogP contribution in [0.3, 0.4) is 0 Å². The minimum Gasteiger partial charge on any atom is -0.497 e. The number of nitrogens with zero attached hydrogens (tertiary/aromatic N) is 1. The van der Waals surface area contributed by atoms with Gasteiger partial charge in [0.2, 0.25) is 5.91 Å². The van der Waals surface area contributed by atoms with E-state index in [2.05, 4.69) is 26.1 Å². The first-order valence-corrected chi connectivity index (χ1v) is 11.8. The van der Waals surface area contributed by atoms with Crippen LogP contribution >= 0.6 is 0 Å². The maximum Gasteiger partial charge on any atom is 0.261 e. The summed E-state index contributed by atoms with van der Waals surface area (Å²) >= 11 is 0. The molecule has 180 valence electrons. The first-order chi connectivity index (χ1) is 15.9. The van der Waals surface area contributed by atoms with Crippen molar-refractivity contribution in [3.63, 3.8) is 0 Å². The molecule has 6 nitrogen and oxygen atoms in total. The van der Waals surface area contributed by atoms with Crippen LogP contribution < -0.4 is 14.8 Å². The van der Waals surface area contributed by atoms with Crippen molar-refractivity contribution in [2.24, 2.45) is 0 Å². The van der Waals surface area contributed by atoms with Gasteiger partial charge in [0.1, 0.15) is 17.5 Å². The number of hydrogen-bond donors (Lipinski definition) is 1. The molecule has 1 atom stereocenters. The number of carbonyl (C=O) groups is 2. The number of nitrogens with one attached hydrogen (secondary N) is 1. The van der Waals surface area contributed by atoms with Crippen molar-refractivity contribution in [3.8, 4) is 11.5 Å². The molecular weight excluding hydrogens is 416 g/mol. The number of benzene rings is 2. The maximum atomic E-state index is 13.4. The van der Waals surface area contributed by atoms with Gasteiger partial charge < -0.3 is 19.7 Å². The van der Waals surface area contributed by atoms with Crippen LogP contribution in [-0.4, -0.2) is 43.0 Å². The lowest BCUT2D eigenvalue weighted by molar-refractivity contribution is -0.143. The highest BCUT2D eigenvalue weighted by molar-refractivity contribution is 5.88. The molecule has 2 aromatic carbocycles. The van der Waals surface area contributed by atoms with Crippen LogP contribution in [0.25, 0.3) is 0 Å². The molecule has 0 fully saturated rings. The lowest BCUT2D eigenvalue weighted by Crippen LogP contribution is -2.50. The molecule has 0 radical (unpaired) electrons. The molecule has 1 N–H and O–H groups in total. The first kappa shape index (κ1) is 26.2. The molecule has 0 heterocycles. The molecule has 6 heteroatoms. The Morgan fingerprint density at radius 1 is 1.03 bits per heavy atom. The van der Waals surface area contributed by atoms with Gasteiger partial charge in [-0.15, -0.1) is 0 Å². The lowest BCUT2D eigenvalue weighted by Gasteiger charge is -2.30. The van der Waals surface area contributed by atoms with Gasteiger partial charge in [0.15, 0.2) is 6.61 Å². The fourth-order valence-corrected chi connectivity index (χ4v) is 3.66. The standard InChI is InChI=1S/C27H38N2O4/c1-6-8-17-28-27(31)24(7-2)29(18-21-13-15-22(32-5)16-14-21)26(30)19-33-25-12-10-9-11-23(25)20(3)4/h9-16,20,24H,6-8,17-19H2,1-5H3,(H,28,31). The Balaban J connectivity index is 2.22. The molecule has 0 saturated carbocycles. The molecule has 33 heavy (non-hydrogen) atoms. The summed E-state index contributed by atoms with van der Waals surface area (Å²) in [5, 5.41) is 2.98. The third-order valence-electron chi connectivity index (χ3n) is 5.62. The third-order valence-corrected chi connectivity index (χ3v) is 5.62. The van der Waals surface area contributed by atoms with Gasteiger partial charge in [0.05, 0.1) is 7.11 Å². The van der Waals surface area contributed by atoms with Crippen LogP contribution in [0.15, 0.2) is 48.5 Å². The van der Waals surface area contributed by atoms with Gasteiger partial charge in [-0.3, -0.25) is 9.59 Å². The van der Waals surface area contributed by atoms with E-state index in [-0.39, 0.29) is 24.3 Å². The van der Waals surface area contributed by atoms with E-state index in [0.717, 1.165) is 29.7 Å². The van der Waals surface area contributed by atoms with E-state index in [1.54, 1.807) is 12.0 Å². The summed E-state index contributed by atoms with van der Waals surface area (Å²) in [6.45, 7) is 8.98. The predicted molar refractivity (Wildman–Crippen MR) is 132 cm³/mol. The number of carbonyl (C=O) groups excluding carboxylic acids is 2. The highest BCUT2D eigenvalue weighted by Crippen LogP contribution is 2.26. The summed E-state index contributed by atoms with van der Waals surface area (Å²) in [5.74, 6) is 1.37. The monoisotopic (exact) mass is 454 g/mol. The number of para-hydroxylation sites is 1. The molecule has 0 aromatic heterocycles. The van der Waals surface area contributed by atoms with Crippen molar-refractivity contribution in [1.82, 2.24) is 10.2 Å². The van der Waals surface area contributed by atoms with Gasteiger partial charge in [-0.25, -0.2) is 0 Å². The number of rotatable bonds is 13. The third kappa shape index (κ3) is 7.81. The van der Waals surface area contributed by atoms with Gasteiger partial charge in [-0.2, -0.15) is 0 Å². The number of methoxy groups -OCH3 is 1. The molecule has 2 aromatic rings. The van der Waals surface area contributed by atoms with Crippen LogP contribution in [-0.2, 0) is 16.1 Å². The Morgan fingerprint density at radius 2 is 1.73 bits per heavy atom. The Morgan fingerprint density at radius 3 is 2.33 bits per heavy atom. The fourth-order valence-electron chi connectivity index (χ4n) is 3.66. The summed E-state index contributed by atoms with van der Waals surface area (Å²) in [5.41, 5.74) is 1.97. The van der Waals surface area contributed by atoms with Gasteiger partial charge in [-0.1, -0.05) is 64.4 Å². The van der Waals surface area contributed by atoms with E-state index in [9.17, 15) is 9.59 Å². The number of amides is 2. The Kier molecular flexibility index (Phi) is 10.7. The lowest BCUT2D eigenvalue weighted by atomic mass is 10.0. The van der Waals surface area contributed by atoms with Gasteiger partial charge >= 0.3 is 0 Å². The Bertz CT molecular complexity index is 880. The number of ether oxygens (including phenoxy) is 2. The molecule has 0 spiro atoms. The maximum absolute atomic E-state index is 13.4. The average molecular weight is 455 g/mol. The highest BCUT2D eigenvalue weighted by Gasteiger charge is 2.29. The molecule has 2 rings (SSSR count). The van der Waals surface area contributed by atoms with E-state index in [0.29, 0.717) is 25.3 Å². The highest BCUT2D eigenvalue weighted by atomic mass is 16.5. The van der Waals surface area contributed by atoms with Crippen molar-refractivity contribution in [2.45, 2.75) is 65.5 Å². The molecule has 0 saturated heterocycles. The van der Waals surface area contributed by atoms with Crippen LogP contribution in [0.1, 0.15) is 64.0 Å². The Labute approximate surface area is 198 Å². The summed E-state index contributed by atoms with van der Waals surface area (Å²) in [6.07, 6.45) is 2.42. The van der Waals surface area contributed by atoms with Gasteiger partial charge in [-0.05, 0) is 48.1 Å². The topological polar surface area (TPSA) is 67.9 Å². The van der Waals surface area contributed by atoms with Crippen LogP contribution in [0.2, 0.25) is 0 Å². The number of hydrogen-bond acceptors (Lipinski definition) is 4. The van der Waals surface area contributed by atoms with Crippen molar-refractivity contribution in [2.75, 3.05) is 20.3 Å². The van der Waals surface area contributed by atoms with Gasteiger partial charge in [0, 0.05) is 13.1 Å². The second-order valence-corrected chi connectivity index (χ2v) is 8.42. The molecular formula is C27H38N2O4. The molecule has 0 aliphatic carbocycles. The van der Waals surface area contributed by atoms with Gasteiger partial charge in [0.25, 0.3) is 5.91 Å². The molecule has 2 amide bonds. The SMILES string of the molecule is CCCCNC(=O)C(CC)N(Cc1ccc(OC)cc1)C(=O)COc1ccccc1C(C)C. The van der Waals surface area contributed by atoms with Crippen LogP contribution in [0, 0.1) is 0 Å². The van der Waals surface area contributed by atoms with Crippen molar-refractivity contribution in [1.29, 1.82) is 0 Å². The zero-order valence-corrected chi connectivity index (χ0v) is 20.6. The van der Waals surface area contributed by atoms with Crippen molar-refractivity contribution < 1.29 is 19.1 Å². The van der Waals surface area contributed by atoms with E-state index in [4.69, 9.17) is 9.47 Å². The fraction of sp³-hybridized carbons (Fsp3) is 0.481.